The first-order valence-electron chi connectivity index (χ1n) is 6.10. The number of halogens is 1. The van der Waals surface area contributed by atoms with Crippen LogP contribution in [0.25, 0.3) is 4.91 Å². The number of allylic oxidation sites excluding steroid dienone is 1. The summed E-state index contributed by atoms with van der Waals surface area (Å²) in [5.41, 5.74) is 3.73. The van der Waals surface area contributed by atoms with Gasteiger partial charge in [0.05, 0.1) is 0 Å². The number of aromatic nitrogens is 1. The number of hydrogen-bond donors (Lipinski definition) is 0. The highest BCUT2D eigenvalue weighted by Gasteiger charge is 2.09. The summed E-state index contributed by atoms with van der Waals surface area (Å²) in [6.07, 6.45) is 3.76. The van der Waals surface area contributed by atoms with E-state index >= 15 is 0 Å². The molecule has 19 heavy (non-hydrogen) atoms. The molecular formula is C16H16ClNS. The molecule has 0 aliphatic carbocycles. The van der Waals surface area contributed by atoms with E-state index in [1.807, 2.05) is 42.7 Å². The molecule has 3 heteroatoms. The van der Waals surface area contributed by atoms with Gasteiger partial charge in [-0.1, -0.05) is 28.9 Å². The van der Waals surface area contributed by atoms with Crippen molar-refractivity contribution in [1.82, 2.24) is 4.98 Å². The maximum atomic E-state index is 5.92. The molecule has 2 rings (SSSR count). The van der Waals surface area contributed by atoms with Crippen molar-refractivity contribution in [2.75, 3.05) is 0 Å². The van der Waals surface area contributed by atoms with Gasteiger partial charge in [0.25, 0.3) is 0 Å². The minimum Gasteiger partial charge on any atom is -0.264 e. The quantitative estimate of drug-likeness (QED) is 0.684. The van der Waals surface area contributed by atoms with E-state index in [0.29, 0.717) is 0 Å². The van der Waals surface area contributed by atoms with Crippen molar-refractivity contribution in [3.63, 3.8) is 0 Å². The van der Waals surface area contributed by atoms with Gasteiger partial charge in [-0.05, 0) is 56.7 Å². The van der Waals surface area contributed by atoms with Crippen LogP contribution >= 0.6 is 23.4 Å². The number of benzene rings is 1. The van der Waals surface area contributed by atoms with Gasteiger partial charge in [0.1, 0.15) is 0 Å². The highest BCUT2D eigenvalue weighted by Crippen LogP contribution is 2.37. The van der Waals surface area contributed by atoms with Crippen LogP contribution in [0.3, 0.4) is 0 Å². The molecule has 0 unspecified atom stereocenters. The molecule has 0 fully saturated rings. The number of pyridine rings is 1. The van der Waals surface area contributed by atoms with E-state index in [0.717, 1.165) is 5.02 Å². The predicted molar refractivity (Wildman–Crippen MR) is 84.6 cm³/mol. The molecule has 0 aliphatic rings. The molecule has 0 saturated carbocycles. The molecule has 0 aliphatic heterocycles. The monoisotopic (exact) mass is 289 g/mol. The van der Waals surface area contributed by atoms with Crippen molar-refractivity contribution < 1.29 is 0 Å². The molecule has 0 saturated heterocycles. The van der Waals surface area contributed by atoms with Crippen LogP contribution < -0.4 is 0 Å². The minimum atomic E-state index is 0.764. The van der Waals surface area contributed by atoms with E-state index in [-0.39, 0.29) is 0 Å². The summed E-state index contributed by atoms with van der Waals surface area (Å²) in [6, 6.07) is 9.97. The van der Waals surface area contributed by atoms with Crippen LogP contribution in [0.4, 0.5) is 0 Å². The highest BCUT2D eigenvalue weighted by molar-refractivity contribution is 8.08. The molecular weight excluding hydrogens is 274 g/mol. The summed E-state index contributed by atoms with van der Waals surface area (Å²) in [5.74, 6) is 0. The fourth-order valence-corrected chi connectivity index (χ4v) is 2.91. The lowest BCUT2D eigenvalue weighted by atomic mass is 10.1. The van der Waals surface area contributed by atoms with E-state index in [1.54, 1.807) is 11.8 Å². The molecule has 0 radical (unpaired) electrons. The molecule has 0 amide bonds. The first kappa shape index (κ1) is 14.2. The third-order valence-electron chi connectivity index (χ3n) is 2.77. The van der Waals surface area contributed by atoms with Crippen LogP contribution in [-0.4, -0.2) is 4.98 Å². The second-order valence-corrected chi connectivity index (χ2v) is 6.10. The average molecular weight is 290 g/mol. The lowest BCUT2D eigenvalue weighted by molar-refractivity contribution is 1.26. The lowest BCUT2D eigenvalue weighted by Gasteiger charge is -2.12. The molecule has 0 atom stereocenters. The first-order valence-corrected chi connectivity index (χ1v) is 7.29. The fourth-order valence-electron chi connectivity index (χ4n) is 1.75. The van der Waals surface area contributed by atoms with E-state index in [4.69, 9.17) is 11.6 Å². The predicted octanol–water partition coefficient (Wildman–Crippen LogP) is 5.59. The van der Waals surface area contributed by atoms with Crippen LogP contribution in [0, 0.1) is 6.92 Å². The maximum Gasteiger partial charge on any atom is 0.0406 e. The lowest BCUT2D eigenvalue weighted by Crippen LogP contribution is -1.89. The van der Waals surface area contributed by atoms with Crippen LogP contribution in [0.5, 0.6) is 0 Å². The largest absolute Gasteiger partial charge is 0.264 e. The summed E-state index contributed by atoms with van der Waals surface area (Å²) in [5, 5.41) is 0.764. The van der Waals surface area contributed by atoms with E-state index in [1.165, 1.54) is 26.5 Å². The van der Waals surface area contributed by atoms with Crippen LogP contribution in [0.2, 0.25) is 5.02 Å². The second kappa shape index (κ2) is 6.27. The first-order chi connectivity index (χ1) is 9.08. The van der Waals surface area contributed by atoms with Gasteiger partial charge in [0.2, 0.25) is 0 Å². The minimum absolute atomic E-state index is 0.764. The fraction of sp³-hybridized carbons (Fsp3) is 0.188. The summed E-state index contributed by atoms with van der Waals surface area (Å²) in [6.45, 7) is 6.37. The number of thioether (sulfide) groups is 1. The van der Waals surface area contributed by atoms with E-state index in [2.05, 4.69) is 25.8 Å². The zero-order valence-electron chi connectivity index (χ0n) is 11.3. The van der Waals surface area contributed by atoms with Crippen molar-refractivity contribution in [2.45, 2.75) is 25.7 Å². The number of rotatable bonds is 3. The van der Waals surface area contributed by atoms with Gasteiger partial charge in [-0.15, -0.1) is 0 Å². The third-order valence-corrected chi connectivity index (χ3v) is 4.36. The normalized spacial score (nSPS) is 10.3. The Kier molecular flexibility index (Phi) is 4.67. The van der Waals surface area contributed by atoms with Crippen LogP contribution in [0.1, 0.15) is 25.0 Å². The summed E-state index contributed by atoms with van der Waals surface area (Å²) >= 11 is 7.68. The summed E-state index contributed by atoms with van der Waals surface area (Å²) in [4.78, 5) is 6.68. The van der Waals surface area contributed by atoms with Gasteiger partial charge in [0, 0.05) is 32.8 Å². The van der Waals surface area contributed by atoms with Crippen molar-refractivity contribution in [1.29, 1.82) is 0 Å². The number of aryl methyl sites for hydroxylation is 1. The number of nitrogens with zero attached hydrogens (tertiary/aromatic N) is 1. The summed E-state index contributed by atoms with van der Waals surface area (Å²) in [7, 11) is 0. The Morgan fingerprint density at radius 2 is 1.79 bits per heavy atom. The topological polar surface area (TPSA) is 12.9 Å². The summed E-state index contributed by atoms with van der Waals surface area (Å²) < 4.78 is 0. The zero-order valence-corrected chi connectivity index (χ0v) is 12.8. The van der Waals surface area contributed by atoms with Gasteiger partial charge in [-0.3, -0.25) is 4.98 Å². The molecule has 98 valence electrons. The van der Waals surface area contributed by atoms with Crippen molar-refractivity contribution in [3.8, 4) is 0 Å². The average Bonchev–Trinajstić information content (AvgIpc) is 2.39. The maximum absolute atomic E-state index is 5.92. The standard InChI is InChI=1S/C16H16ClNS/c1-11(2)16(15-10-18-9-8-12(15)3)19-14-6-4-13(17)5-7-14/h4-10H,1-3H3. The van der Waals surface area contributed by atoms with Crippen molar-refractivity contribution >= 4 is 28.3 Å². The molecule has 0 bridgehead atoms. The molecule has 1 aromatic heterocycles. The van der Waals surface area contributed by atoms with Crippen LogP contribution in [-0.2, 0) is 0 Å². The van der Waals surface area contributed by atoms with Crippen LogP contribution in [0.15, 0.2) is 53.2 Å². The smallest absolute Gasteiger partial charge is 0.0406 e. The Morgan fingerprint density at radius 1 is 1.11 bits per heavy atom. The zero-order chi connectivity index (χ0) is 13.8. The van der Waals surface area contributed by atoms with Gasteiger partial charge in [0.15, 0.2) is 0 Å². The van der Waals surface area contributed by atoms with Crippen molar-refractivity contribution in [3.05, 3.63) is 64.4 Å². The van der Waals surface area contributed by atoms with E-state index < -0.39 is 0 Å². The Bertz CT molecular complexity index is 598. The number of hydrogen-bond acceptors (Lipinski definition) is 2. The highest BCUT2D eigenvalue weighted by atomic mass is 35.5. The third kappa shape index (κ3) is 3.62. The molecule has 2 aromatic rings. The molecule has 0 N–H and O–H groups in total. The Morgan fingerprint density at radius 3 is 2.37 bits per heavy atom. The second-order valence-electron chi connectivity index (χ2n) is 4.58. The molecule has 1 heterocycles. The van der Waals surface area contributed by atoms with Gasteiger partial charge in [-0.2, -0.15) is 0 Å². The van der Waals surface area contributed by atoms with Crippen molar-refractivity contribution in [2.24, 2.45) is 0 Å². The van der Waals surface area contributed by atoms with Gasteiger partial charge in [-0.25, -0.2) is 0 Å². The SMILES string of the molecule is CC(C)=C(Sc1ccc(Cl)cc1)c1cnccc1C. The van der Waals surface area contributed by atoms with E-state index in [9.17, 15) is 0 Å². The van der Waals surface area contributed by atoms with Gasteiger partial charge < -0.3 is 0 Å². The molecule has 0 spiro atoms. The Balaban J connectivity index is 2.36. The Hall–Kier alpha value is -1.25. The Labute approximate surface area is 123 Å². The molecule has 1 aromatic carbocycles. The molecule has 1 nitrogen and oxygen atoms in total. The van der Waals surface area contributed by atoms with Gasteiger partial charge >= 0.3 is 0 Å².